The second-order valence-corrected chi connectivity index (χ2v) is 7.27. The van der Waals surface area contributed by atoms with Crippen LogP contribution in [-0.2, 0) is 16.0 Å². The number of fused-ring (bicyclic) bond motifs is 4. The van der Waals surface area contributed by atoms with Gasteiger partial charge in [0.1, 0.15) is 23.2 Å². The number of allylic oxidation sites excluding steroid dienone is 1. The molecule has 3 aromatic rings. The summed E-state index contributed by atoms with van der Waals surface area (Å²) in [6, 6.07) is 12.5. The molecule has 2 aliphatic rings. The normalized spacial score (nSPS) is 23.1. The van der Waals surface area contributed by atoms with E-state index in [-0.39, 0.29) is 22.9 Å². The van der Waals surface area contributed by atoms with Crippen molar-refractivity contribution in [2.45, 2.75) is 25.4 Å². The molecule has 2 N–H and O–H groups in total. The number of hydrogen-bond donors (Lipinski definition) is 2. The number of ketones is 1. The van der Waals surface area contributed by atoms with Crippen LogP contribution in [0.3, 0.4) is 0 Å². The fourth-order valence-electron chi connectivity index (χ4n) is 4.47. The van der Waals surface area contributed by atoms with Crippen molar-refractivity contribution in [2.24, 2.45) is 0 Å². The van der Waals surface area contributed by atoms with Gasteiger partial charge in [-0.3, -0.25) is 9.59 Å². The number of hydrogen-bond acceptors (Lipinski definition) is 3. The molecule has 2 atom stereocenters. The Bertz CT molecular complexity index is 1170. The zero-order chi connectivity index (χ0) is 19.6. The first-order valence-electron chi connectivity index (χ1n) is 9.09. The van der Waals surface area contributed by atoms with E-state index in [1.807, 2.05) is 24.3 Å². The van der Waals surface area contributed by atoms with Crippen molar-refractivity contribution in [2.75, 3.05) is 0 Å². The van der Waals surface area contributed by atoms with Gasteiger partial charge in [-0.2, -0.15) is 0 Å². The molecule has 1 saturated heterocycles. The van der Waals surface area contributed by atoms with Crippen LogP contribution in [0, 0.1) is 5.82 Å². The van der Waals surface area contributed by atoms with E-state index in [1.165, 1.54) is 24.0 Å². The average Bonchev–Trinajstić information content (AvgIpc) is 3.16. The molecular formula is C22H17FN2O3. The largest absolute Gasteiger partial charge is 0.512 e. The highest BCUT2D eigenvalue weighted by Gasteiger charge is 2.51. The number of rotatable bonds is 1. The van der Waals surface area contributed by atoms with Gasteiger partial charge in [0.15, 0.2) is 5.78 Å². The van der Waals surface area contributed by atoms with E-state index in [2.05, 4.69) is 4.98 Å². The van der Waals surface area contributed by atoms with Gasteiger partial charge in [0, 0.05) is 23.0 Å². The molecule has 5 nitrogen and oxygen atoms in total. The van der Waals surface area contributed by atoms with Crippen LogP contribution in [0.2, 0.25) is 0 Å². The van der Waals surface area contributed by atoms with Crippen LogP contribution in [0.1, 0.15) is 29.8 Å². The molecular weight excluding hydrogens is 359 g/mol. The number of Topliss-reactive ketones (excluding diaryl/α,β-unsaturated/α-hetero) is 1. The van der Waals surface area contributed by atoms with Crippen LogP contribution >= 0.6 is 0 Å². The topological polar surface area (TPSA) is 73.4 Å². The second-order valence-electron chi connectivity index (χ2n) is 7.27. The fourth-order valence-corrected chi connectivity index (χ4v) is 4.47. The van der Waals surface area contributed by atoms with Gasteiger partial charge in [0.2, 0.25) is 0 Å². The number of aliphatic hydroxyl groups is 1. The molecule has 1 fully saturated rings. The van der Waals surface area contributed by atoms with Crippen LogP contribution in [0.5, 0.6) is 0 Å². The Hall–Kier alpha value is -3.41. The maximum Gasteiger partial charge on any atom is 0.262 e. The highest BCUT2D eigenvalue weighted by Crippen LogP contribution is 2.44. The van der Waals surface area contributed by atoms with Crippen LogP contribution < -0.4 is 0 Å². The highest BCUT2D eigenvalue weighted by molar-refractivity contribution is 6.27. The molecule has 2 aromatic carbocycles. The molecule has 0 spiro atoms. The summed E-state index contributed by atoms with van der Waals surface area (Å²) < 4.78 is 13.5. The predicted molar refractivity (Wildman–Crippen MR) is 101 cm³/mol. The van der Waals surface area contributed by atoms with Crippen LogP contribution in [-0.4, -0.2) is 32.7 Å². The summed E-state index contributed by atoms with van der Waals surface area (Å²) in [6.45, 7) is 1.35. The van der Waals surface area contributed by atoms with E-state index in [9.17, 15) is 19.1 Å². The minimum Gasteiger partial charge on any atom is -0.512 e. The monoisotopic (exact) mass is 376 g/mol. The lowest BCUT2D eigenvalue weighted by Gasteiger charge is -2.37. The number of halogens is 1. The number of aromatic nitrogens is 1. The molecule has 0 radical (unpaired) electrons. The standard InChI is InChI=1S/C22H17FN2O3/c1-11(26)18-21(27)17-10-15-14-4-2-3-5-16(14)24-19(15)20(25(17)22(18)28)12-6-8-13(23)9-7-12/h2-9,17,20,24,26H,10H2,1H3/b18-11-/t17-,20+/m0/s1. The molecule has 0 saturated carbocycles. The molecule has 0 aliphatic carbocycles. The van der Waals surface area contributed by atoms with E-state index in [4.69, 9.17) is 0 Å². The van der Waals surface area contributed by atoms with Crippen LogP contribution in [0.15, 0.2) is 59.9 Å². The Morgan fingerprint density at radius 3 is 2.57 bits per heavy atom. The Balaban J connectivity index is 1.78. The maximum absolute atomic E-state index is 13.5. The summed E-state index contributed by atoms with van der Waals surface area (Å²) in [4.78, 5) is 30.9. The van der Waals surface area contributed by atoms with Crippen molar-refractivity contribution in [3.8, 4) is 0 Å². The van der Waals surface area contributed by atoms with Gasteiger partial charge in [-0.15, -0.1) is 0 Å². The van der Waals surface area contributed by atoms with Crippen molar-refractivity contribution in [3.05, 3.63) is 82.5 Å². The fraction of sp³-hybridized carbons (Fsp3) is 0.182. The number of H-pyrrole nitrogens is 1. The van der Waals surface area contributed by atoms with Crippen molar-refractivity contribution in [1.82, 2.24) is 9.88 Å². The quantitative estimate of drug-likeness (QED) is 0.387. The molecule has 5 rings (SSSR count). The average molecular weight is 376 g/mol. The molecule has 1 aromatic heterocycles. The minimum absolute atomic E-state index is 0.161. The molecule has 0 unspecified atom stereocenters. The third kappa shape index (κ3) is 2.17. The first kappa shape index (κ1) is 16.7. The number of nitrogens with one attached hydrogen (secondary N) is 1. The van der Waals surface area contributed by atoms with Crippen molar-refractivity contribution >= 4 is 22.6 Å². The summed E-state index contributed by atoms with van der Waals surface area (Å²) in [5.41, 5.74) is 3.27. The number of aromatic amines is 1. The molecule has 3 heterocycles. The maximum atomic E-state index is 13.5. The molecule has 1 amide bonds. The number of aliphatic hydroxyl groups excluding tert-OH is 1. The Kier molecular flexibility index (Phi) is 3.46. The van der Waals surface area contributed by atoms with Crippen molar-refractivity contribution < 1.29 is 19.1 Å². The summed E-state index contributed by atoms with van der Waals surface area (Å²) in [5, 5.41) is 10.9. The van der Waals surface area contributed by atoms with Gasteiger partial charge in [-0.05, 0) is 36.2 Å². The Morgan fingerprint density at radius 1 is 1.14 bits per heavy atom. The number of para-hydroxylation sites is 1. The van der Waals surface area contributed by atoms with Gasteiger partial charge in [-0.25, -0.2) is 4.39 Å². The lowest BCUT2D eigenvalue weighted by Crippen LogP contribution is -2.44. The minimum atomic E-state index is -0.689. The zero-order valence-corrected chi connectivity index (χ0v) is 15.1. The van der Waals surface area contributed by atoms with E-state index in [1.54, 1.807) is 12.1 Å². The number of carbonyl (C=O) groups excluding carboxylic acids is 2. The van der Waals surface area contributed by atoms with Crippen LogP contribution in [0.4, 0.5) is 4.39 Å². The second kappa shape index (κ2) is 5.79. The smallest absolute Gasteiger partial charge is 0.262 e. The lowest BCUT2D eigenvalue weighted by molar-refractivity contribution is -0.129. The van der Waals surface area contributed by atoms with E-state index in [0.717, 1.165) is 22.2 Å². The first-order valence-corrected chi connectivity index (χ1v) is 9.09. The number of carbonyl (C=O) groups is 2. The Morgan fingerprint density at radius 2 is 1.86 bits per heavy atom. The molecule has 28 heavy (non-hydrogen) atoms. The van der Waals surface area contributed by atoms with Crippen molar-refractivity contribution in [3.63, 3.8) is 0 Å². The molecule has 6 heteroatoms. The van der Waals surface area contributed by atoms with Gasteiger partial charge < -0.3 is 15.0 Å². The third-order valence-corrected chi connectivity index (χ3v) is 5.68. The highest BCUT2D eigenvalue weighted by atomic mass is 19.1. The van der Waals surface area contributed by atoms with Gasteiger partial charge in [-0.1, -0.05) is 30.3 Å². The molecule has 140 valence electrons. The summed E-state index contributed by atoms with van der Waals surface area (Å²) >= 11 is 0. The van der Waals surface area contributed by atoms with E-state index in [0.29, 0.717) is 12.0 Å². The summed E-state index contributed by atoms with van der Waals surface area (Å²) in [6.07, 6.45) is 0.373. The van der Waals surface area contributed by atoms with Crippen molar-refractivity contribution in [1.29, 1.82) is 0 Å². The van der Waals surface area contributed by atoms with E-state index >= 15 is 0 Å². The summed E-state index contributed by atoms with van der Waals surface area (Å²) in [7, 11) is 0. The Labute approximate surface area is 160 Å². The number of benzene rings is 2. The first-order chi connectivity index (χ1) is 13.5. The molecule has 0 bridgehead atoms. The zero-order valence-electron chi connectivity index (χ0n) is 15.1. The van der Waals surface area contributed by atoms with E-state index < -0.39 is 18.0 Å². The molecule has 2 aliphatic heterocycles. The third-order valence-electron chi connectivity index (χ3n) is 5.68. The lowest BCUT2D eigenvalue weighted by atomic mass is 9.88. The number of nitrogens with zero attached hydrogens (tertiary/aromatic N) is 1. The van der Waals surface area contributed by atoms with Crippen LogP contribution in [0.25, 0.3) is 10.9 Å². The SMILES string of the molecule is C/C(O)=C1\C(=O)[C@@H]2Cc3c([nH]c4ccccc34)[C@@H](c3ccc(F)cc3)N2C1=O. The van der Waals surface area contributed by atoms with Gasteiger partial charge in [0.05, 0.1) is 6.04 Å². The summed E-state index contributed by atoms with van der Waals surface area (Å²) in [5.74, 6) is -1.50. The van der Waals surface area contributed by atoms with Gasteiger partial charge in [0.25, 0.3) is 5.91 Å². The van der Waals surface area contributed by atoms with Gasteiger partial charge >= 0.3 is 0 Å². The predicted octanol–water partition coefficient (Wildman–Crippen LogP) is 3.56. The number of amides is 1.